The monoisotopic (exact) mass is 498 g/mol. The fourth-order valence-electron chi connectivity index (χ4n) is 4.00. The number of carboxylic acid groups (broad SMARTS) is 4. The number of carboxylic acids is 4. The first-order valence-electron chi connectivity index (χ1n) is 10.8. The first-order valence-corrected chi connectivity index (χ1v) is 10.8. The normalized spacial score (nSPS) is 10.5. The van der Waals surface area contributed by atoms with Crippen molar-refractivity contribution in [2.24, 2.45) is 0 Å². The summed E-state index contributed by atoms with van der Waals surface area (Å²) < 4.78 is 5.90. The van der Waals surface area contributed by atoms with Crippen LogP contribution in [-0.2, 0) is 0 Å². The molecule has 0 fully saturated rings. The van der Waals surface area contributed by atoms with E-state index in [1.807, 2.05) is 0 Å². The Morgan fingerprint density at radius 3 is 1.59 bits per heavy atom. The third-order valence-electron chi connectivity index (χ3n) is 5.56. The second-order valence-corrected chi connectivity index (χ2v) is 7.78. The number of rotatable bonds is 8. The van der Waals surface area contributed by atoms with E-state index in [9.17, 15) is 39.6 Å². The lowest BCUT2D eigenvalue weighted by atomic mass is 9.88. The van der Waals surface area contributed by atoms with E-state index >= 15 is 0 Å². The van der Waals surface area contributed by atoms with E-state index in [4.69, 9.17) is 4.74 Å². The highest BCUT2D eigenvalue weighted by Gasteiger charge is 2.31. The summed E-state index contributed by atoms with van der Waals surface area (Å²) >= 11 is 0. The molecule has 0 atom stereocenters. The standard InChI is InChI=1S/C28H18O9/c29-25(30)17-12-7-13-20(22(17)27(33)34)37-24-21(16-10-5-2-6-11-16)18(15-8-3-1-4-9-15)14-19(26(31)32)23(24)28(35)36/h1-14H,(H,29,30)(H,31,32)(H,33,34)(H,35,36). The van der Waals surface area contributed by atoms with Crippen LogP contribution in [0, 0.1) is 0 Å². The quantitative estimate of drug-likeness (QED) is 0.242. The first kappa shape index (κ1) is 24.7. The Kier molecular flexibility index (Phi) is 6.70. The number of benzene rings is 4. The van der Waals surface area contributed by atoms with Gasteiger partial charge in [0.1, 0.15) is 16.9 Å². The van der Waals surface area contributed by atoms with Crippen molar-refractivity contribution in [3.8, 4) is 33.8 Å². The maximum Gasteiger partial charge on any atom is 0.340 e. The molecule has 0 saturated carbocycles. The summed E-state index contributed by atoms with van der Waals surface area (Å²) in [6.07, 6.45) is 0. The highest BCUT2D eigenvalue weighted by Crippen LogP contribution is 2.45. The molecule has 0 aliphatic heterocycles. The van der Waals surface area contributed by atoms with Gasteiger partial charge in [-0.3, -0.25) is 0 Å². The Morgan fingerprint density at radius 1 is 0.541 bits per heavy atom. The van der Waals surface area contributed by atoms with Crippen LogP contribution in [0.15, 0.2) is 84.9 Å². The number of carbonyl (C=O) groups is 4. The van der Waals surface area contributed by atoms with E-state index in [-0.39, 0.29) is 5.56 Å². The van der Waals surface area contributed by atoms with Crippen LogP contribution in [0.25, 0.3) is 22.3 Å². The summed E-state index contributed by atoms with van der Waals surface area (Å²) in [7, 11) is 0. The number of ether oxygens (including phenoxy) is 1. The lowest BCUT2D eigenvalue weighted by molar-refractivity contribution is 0.0645. The highest BCUT2D eigenvalue weighted by atomic mass is 16.5. The van der Waals surface area contributed by atoms with Crippen LogP contribution < -0.4 is 4.74 Å². The van der Waals surface area contributed by atoms with Gasteiger partial charge in [-0.05, 0) is 34.9 Å². The zero-order chi connectivity index (χ0) is 26.7. The van der Waals surface area contributed by atoms with Gasteiger partial charge in [0.25, 0.3) is 0 Å². The molecule has 4 aromatic carbocycles. The van der Waals surface area contributed by atoms with Gasteiger partial charge in [0.2, 0.25) is 0 Å². The van der Waals surface area contributed by atoms with Gasteiger partial charge in [0, 0.05) is 5.56 Å². The molecule has 37 heavy (non-hydrogen) atoms. The van der Waals surface area contributed by atoms with Crippen LogP contribution in [0.2, 0.25) is 0 Å². The molecule has 0 aliphatic carbocycles. The molecule has 9 nitrogen and oxygen atoms in total. The molecule has 0 saturated heterocycles. The van der Waals surface area contributed by atoms with Gasteiger partial charge < -0.3 is 25.2 Å². The predicted octanol–water partition coefficient (Wildman–Crippen LogP) is 5.61. The van der Waals surface area contributed by atoms with Gasteiger partial charge >= 0.3 is 23.9 Å². The smallest absolute Gasteiger partial charge is 0.340 e. The van der Waals surface area contributed by atoms with Crippen molar-refractivity contribution in [1.29, 1.82) is 0 Å². The van der Waals surface area contributed by atoms with Gasteiger partial charge in [-0.1, -0.05) is 66.7 Å². The molecule has 4 N–H and O–H groups in total. The molecule has 0 heterocycles. The maximum atomic E-state index is 12.4. The lowest BCUT2D eigenvalue weighted by Gasteiger charge is -2.21. The van der Waals surface area contributed by atoms with Crippen LogP contribution in [0.4, 0.5) is 0 Å². The Balaban J connectivity index is 2.16. The average Bonchev–Trinajstić information content (AvgIpc) is 2.88. The van der Waals surface area contributed by atoms with Crippen LogP contribution in [0.1, 0.15) is 41.4 Å². The van der Waals surface area contributed by atoms with Crippen molar-refractivity contribution in [3.63, 3.8) is 0 Å². The van der Waals surface area contributed by atoms with Crippen LogP contribution in [0.3, 0.4) is 0 Å². The third-order valence-corrected chi connectivity index (χ3v) is 5.56. The van der Waals surface area contributed by atoms with E-state index < -0.39 is 57.6 Å². The first-order chi connectivity index (χ1) is 17.7. The van der Waals surface area contributed by atoms with E-state index in [0.717, 1.165) is 6.07 Å². The van der Waals surface area contributed by atoms with Crippen molar-refractivity contribution < 1.29 is 44.3 Å². The van der Waals surface area contributed by atoms with Crippen molar-refractivity contribution in [2.45, 2.75) is 0 Å². The van der Waals surface area contributed by atoms with Crippen LogP contribution in [-0.4, -0.2) is 44.3 Å². The number of aromatic carboxylic acids is 4. The summed E-state index contributed by atoms with van der Waals surface area (Å²) in [5.41, 5.74) is -1.10. The maximum absolute atomic E-state index is 12.4. The molecule has 0 unspecified atom stereocenters. The minimum atomic E-state index is -1.63. The SMILES string of the molecule is O=C(O)c1cccc(Oc2c(C(=O)O)c(C(=O)O)cc(-c3ccccc3)c2-c2ccccc2)c1C(=O)O. The summed E-state index contributed by atoms with van der Waals surface area (Å²) in [6.45, 7) is 0. The highest BCUT2D eigenvalue weighted by molar-refractivity contribution is 6.09. The number of hydrogen-bond donors (Lipinski definition) is 4. The predicted molar refractivity (Wildman–Crippen MR) is 132 cm³/mol. The van der Waals surface area contributed by atoms with E-state index in [0.29, 0.717) is 16.7 Å². The Morgan fingerprint density at radius 2 is 1.08 bits per heavy atom. The summed E-state index contributed by atoms with van der Waals surface area (Å²) in [4.78, 5) is 48.3. The van der Waals surface area contributed by atoms with Crippen LogP contribution >= 0.6 is 0 Å². The van der Waals surface area contributed by atoms with Gasteiger partial charge in [0.05, 0.1) is 11.1 Å². The molecule has 0 aromatic heterocycles. The Labute approximate surface area is 209 Å². The summed E-state index contributed by atoms with van der Waals surface area (Å²) in [5.74, 6) is -7.24. The third kappa shape index (κ3) is 4.73. The molecule has 4 aromatic rings. The Bertz CT molecular complexity index is 1540. The largest absolute Gasteiger partial charge is 0.478 e. The van der Waals surface area contributed by atoms with Crippen molar-refractivity contribution in [2.75, 3.05) is 0 Å². The second kappa shape index (κ2) is 10.0. The number of hydrogen-bond acceptors (Lipinski definition) is 5. The van der Waals surface area contributed by atoms with Crippen molar-refractivity contribution in [1.82, 2.24) is 0 Å². The summed E-state index contributed by atoms with van der Waals surface area (Å²) in [5, 5.41) is 39.2. The van der Waals surface area contributed by atoms with Gasteiger partial charge in [-0.15, -0.1) is 0 Å². The molecule has 184 valence electrons. The van der Waals surface area contributed by atoms with Gasteiger partial charge in [-0.2, -0.15) is 0 Å². The minimum absolute atomic E-state index is 0.186. The molecule has 0 radical (unpaired) electrons. The van der Waals surface area contributed by atoms with Crippen molar-refractivity contribution in [3.05, 3.63) is 107 Å². The second-order valence-electron chi connectivity index (χ2n) is 7.78. The molecule has 0 bridgehead atoms. The lowest BCUT2D eigenvalue weighted by Crippen LogP contribution is -2.14. The molecule has 9 heteroatoms. The molecular weight excluding hydrogens is 480 g/mol. The molecule has 0 amide bonds. The molecular formula is C28H18O9. The minimum Gasteiger partial charge on any atom is -0.478 e. The Hall–Kier alpha value is -5.44. The fraction of sp³-hybridized carbons (Fsp3) is 0. The summed E-state index contributed by atoms with van der Waals surface area (Å²) in [6, 6.07) is 21.7. The fourth-order valence-corrected chi connectivity index (χ4v) is 4.00. The molecule has 0 aliphatic rings. The van der Waals surface area contributed by atoms with E-state index in [1.165, 1.54) is 18.2 Å². The molecule has 4 rings (SSSR count). The van der Waals surface area contributed by atoms with Crippen LogP contribution in [0.5, 0.6) is 11.5 Å². The zero-order valence-electron chi connectivity index (χ0n) is 18.9. The van der Waals surface area contributed by atoms with E-state index in [2.05, 4.69) is 0 Å². The topological polar surface area (TPSA) is 158 Å². The van der Waals surface area contributed by atoms with Gasteiger partial charge in [-0.25, -0.2) is 19.2 Å². The van der Waals surface area contributed by atoms with Gasteiger partial charge in [0.15, 0.2) is 5.75 Å². The average molecular weight is 498 g/mol. The van der Waals surface area contributed by atoms with Crippen molar-refractivity contribution >= 4 is 23.9 Å². The zero-order valence-corrected chi connectivity index (χ0v) is 18.9. The molecule has 0 spiro atoms. The van der Waals surface area contributed by atoms with E-state index in [1.54, 1.807) is 60.7 Å².